The van der Waals surface area contributed by atoms with Gasteiger partial charge in [0.1, 0.15) is 5.69 Å². The van der Waals surface area contributed by atoms with E-state index in [2.05, 4.69) is 15.1 Å². The van der Waals surface area contributed by atoms with E-state index in [-0.39, 0.29) is 11.8 Å². The molecule has 6 heteroatoms. The topological polar surface area (TPSA) is 72.1 Å². The summed E-state index contributed by atoms with van der Waals surface area (Å²) in [5, 5.41) is 3.99. The zero-order chi connectivity index (χ0) is 16.4. The Hall–Kier alpha value is -3.02. The van der Waals surface area contributed by atoms with Crippen molar-refractivity contribution >= 4 is 5.91 Å². The Morgan fingerprint density at radius 3 is 2.75 bits per heavy atom. The van der Waals surface area contributed by atoms with Crippen molar-refractivity contribution in [2.24, 2.45) is 0 Å². The highest BCUT2D eigenvalue weighted by Crippen LogP contribution is 2.29. The third-order valence-corrected chi connectivity index (χ3v) is 4.12. The Kier molecular flexibility index (Phi) is 3.78. The fourth-order valence-electron chi connectivity index (χ4n) is 2.89. The van der Waals surface area contributed by atoms with Gasteiger partial charge in [0.2, 0.25) is 17.6 Å². The summed E-state index contributed by atoms with van der Waals surface area (Å²) in [6.45, 7) is 1.20. The molecular formula is C18H16N4O2. The molecule has 1 saturated heterocycles. The highest BCUT2D eigenvalue weighted by Gasteiger charge is 2.34. The highest BCUT2D eigenvalue weighted by molar-refractivity contribution is 5.79. The lowest BCUT2D eigenvalue weighted by Crippen LogP contribution is -2.24. The van der Waals surface area contributed by atoms with Crippen molar-refractivity contribution < 1.29 is 9.32 Å². The van der Waals surface area contributed by atoms with Crippen LogP contribution in [0, 0.1) is 0 Å². The lowest BCUT2D eigenvalue weighted by molar-refractivity contribution is -0.128. The molecule has 24 heavy (non-hydrogen) atoms. The first-order valence-electron chi connectivity index (χ1n) is 7.86. The number of rotatable bonds is 4. The number of nitrogens with zero attached hydrogens (tertiary/aromatic N) is 4. The number of hydrogen-bond donors (Lipinski definition) is 0. The summed E-state index contributed by atoms with van der Waals surface area (Å²) >= 11 is 0. The van der Waals surface area contributed by atoms with Crippen molar-refractivity contribution in [3.8, 4) is 11.5 Å². The average Bonchev–Trinajstić information content (AvgIpc) is 3.24. The Morgan fingerprint density at radius 2 is 1.96 bits per heavy atom. The monoisotopic (exact) mass is 320 g/mol. The van der Waals surface area contributed by atoms with Gasteiger partial charge >= 0.3 is 0 Å². The molecule has 6 nitrogen and oxygen atoms in total. The third-order valence-electron chi connectivity index (χ3n) is 4.12. The summed E-state index contributed by atoms with van der Waals surface area (Å²) in [6, 6.07) is 15.5. The zero-order valence-corrected chi connectivity index (χ0v) is 13.0. The van der Waals surface area contributed by atoms with Gasteiger partial charge in [-0.1, -0.05) is 41.6 Å². The fourth-order valence-corrected chi connectivity index (χ4v) is 2.89. The molecule has 0 bridgehead atoms. The molecule has 0 radical (unpaired) electrons. The molecule has 4 rings (SSSR count). The Balaban J connectivity index is 1.48. The van der Waals surface area contributed by atoms with Crippen LogP contribution in [-0.4, -0.2) is 32.5 Å². The minimum atomic E-state index is -0.0637. The number of carbonyl (C=O) groups is 1. The molecule has 1 aliphatic rings. The number of aromatic nitrogens is 3. The minimum Gasteiger partial charge on any atom is -0.339 e. The van der Waals surface area contributed by atoms with Crippen LogP contribution in [0.4, 0.5) is 0 Å². The van der Waals surface area contributed by atoms with Crippen LogP contribution in [0.2, 0.25) is 0 Å². The number of benzene rings is 1. The molecule has 3 heterocycles. The van der Waals surface area contributed by atoms with Crippen LogP contribution in [0.15, 0.2) is 59.3 Å². The average molecular weight is 320 g/mol. The van der Waals surface area contributed by atoms with E-state index in [1.54, 1.807) is 6.20 Å². The van der Waals surface area contributed by atoms with Gasteiger partial charge in [-0.15, -0.1) is 0 Å². The first kappa shape index (κ1) is 14.6. The van der Waals surface area contributed by atoms with Gasteiger partial charge in [-0.25, -0.2) is 0 Å². The molecule has 1 amide bonds. The molecule has 2 aromatic heterocycles. The van der Waals surface area contributed by atoms with Gasteiger partial charge in [0.15, 0.2) is 0 Å². The number of pyridine rings is 1. The lowest BCUT2D eigenvalue weighted by Gasteiger charge is -2.15. The molecule has 1 atom stereocenters. The zero-order valence-electron chi connectivity index (χ0n) is 13.0. The van der Waals surface area contributed by atoms with E-state index in [9.17, 15) is 4.79 Å². The summed E-state index contributed by atoms with van der Waals surface area (Å²) in [6.07, 6.45) is 2.09. The van der Waals surface area contributed by atoms with Crippen LogP contribution < -0.4 is 0 Å². The Bertz CT molecular complexity index is 832. The second-order valence-corrected chi connectivity index (χ2v) is 5.83. The maximum absolute atomic E-state index is 12.3. The van der Waals surface area contributed by atoms with Crippen LogP contribution in [-0.2, 0) is 11.3 Å². The molecule has 0 N–H and O–H groups in total. The summed E-state index contributed by atoms with van der Waals surface area (Å²) in [4.78, 5) is 22.7. The van der Waals surface area contributed by atoms with E-state index in [4.69, 9.17) is 4.52 Å². The second kappa shape index (κ2) is 6.23. The van der Waals surface area contributed by atoms with Crippen LogP contribution in [0.5, 0.6) is 0 Å². The molecule has 1 aromatic carbocycles. The third kappa shape index (κ3) is 2.90. The fraction of sp³-hybridized carbons (Fsp3) is 0.222. The van der Waals surface area contributed by atoms with Crippen molar-refractivity contribution in [3.63, 3.8) is 0 Å². The molecule has 1 aliphatic heterocycles. The van der Waals surface area contributed by atoms with Gasteiger partial charge < -0.3 is 9.42 Å². The molecule has 3 aromatic rings. The van der Waals surface area contributed by atoms with Crippen molar-refractivity contribution in [2.45, 2.75) is 18.9 Å². The van der Waals surface area contributed by atoms with Crippen LogP contribution in [0.1, 0.15) is 23.8 Å². The van der Waals surface area contributed by atoms with E-state index >= 15 is 0 Å². The first-order valence-corrected chi connectivity index (χ1v) is 7.86. The molecule has 0 saturated carbocycles. The number of likely N-dealkylation sites (tertiary alicyclic amines) is 1. The summed E-state index contributed by atoms with van der Waals surface area (Å²) in [5.41, 5.74) is 1.78. The quantitative estimate of drug-likeness (QED) is 0.739. The molecule has 120 valence electrons. The number of carbonyl (C=O) groups excluding carboxylic acids is 1. The maximum Gasteiger partial charge on any atom is 0.232 e. The van der Waals surface area contributed by atoms with E-state index in [1.165, 1.54) is 0 Å². The summed E-state index contributed by atoms with van der Waals surface area (Å²) < 4.78 is 5.37. The van der Waals surface area contributed by atoms with E-state index in [0.717, 1.165) is 5.56 Å². The largest absolute Gasteiger partial charge is 0.339 e. The molecule has 0 unspecified atom stereocenters. The molecule has 1 fully saturated rings. The first-order chi connectivity index (χ1) is 11.8. The van der Waals surface area contributed by atoms with Gasteiger partial charge in [-0.3, -0.25) is 9.78 Å². The lowest BCUT2D eigenvalue weighted by atomic mass is 10.1. The second-order valence-electron chi connectivity index (χ2n) is 5.83. The highest BCUT2D eigenvalue weighted by atomic mass is 16.5. The van der Waals surface area contributed by atoms with Crippen molar-refractivity contribution in [3.05, 3.63) is 66.2 Å². The molecule has 0 spiro atoms. The Morgan fingerprint density at radius 1 is 1.12 bits per heavy atom. The van der Waals surface area contributed by atoms with Gasteiger partial charge in [0.05, 0.1) is 5.92 Å². The van der Waals surface area contributed by atoms with E-state index in [0.29, 0.717) is 36.9 Å². The normalized spacial score (nSPS) is 17.4. The van der Waals surface area contributed by atoms with E-state index < -0.39 is 0 Å². The smallest absolute Gasteiger partial charge is 0.232 e. The van der Waals surface area contributed by atoms with Gasteiger partial charge in [0, 0.05) is 25.7 Å². The van der Waals surface area contributed by atoms with Crippen molar-refractivity contribution in [1.82, 2.24) is 20.0 Å². The number of amides is 1. The maximum atomic E-state index is 12.3. The predicted molar refractivity (Wildman–Crippen MR) is 86.7 cm³/mol. The predicted octanol–water partition coefficient (Wildman–Crippen LogP) is 2.65. The minimum absolute atomic E-state index is 0.0637. The van der Waals surface area contributed by atoms with Gasteiger partial charge in [0.25, 0.3) is 0 Å². The van der Waals surface area contributed by atoms with Crippen LogP contribution in [0.25, 0.3) is 11.5 Å². The SMILES string of the molecule is O=C1C[C@H](c2nc(-c3ccccn3)no2)CN1Cc1ccccc1. The standard InChI is InChI=1S/C18H16N4O2/c23-16-10-14(12-22(16)11-13-6-2-1-3-7-13)18-20-17(21-24-18)15-8-4-5-9-19-15/h1-9,14H,10-12H2/t14-/m0/s1. The van der Waals surface area contributed by atoms with Crippen molar-refractivity contribution in [2.75, 3.05) is 6.54 Å². The molecule has 0 aliphatic carbocycles. The Labute approximate surface area is 139 Å². The van der Waals surface area contributed by atoms with Gasteiger partial charge in [-0.05, 0) is 17.7 Å². The summed E-state index contributed by atoms with van der Waals surface area (Å²) in [5.74, 6) is 1.01. The van der Waals surface area contributed by atoms with Crippen LogP contribution in [0.3, 0.4) is 0 Å². The van der Waals surface area contributed by atoms with Crippen LogP contribution >= 0.6 is 0 Å². The molecular weight excluding hydrogens is 304 g/mol. The van der Waals surface area contributed by atoms with E-state index in [1.807, 2.05) is 53.4 Å². The van der Waals surface area contributed by atoms with Gasteiger partial charge in [-0.2, -0.15) is 4.98 Å². The van der Waals surface area contributed by atoms with Crippen molar-refractivity contribution in [1.29, 1.82) is 0 Å². The summed E-state index contributed by atoms with van der Waals surface area (Å²) in [7, 11) is 0. The number of hydrogen-bond acceptors (Lipinski definition) is 5.